The summed E-state index contributed by atoms with van der Waals surface area (Å²) < 4.78 is 53.3. The molecule has 1 saturated heterocycles. The molecule has 0 bridgehead atoms. The standard InChI is InChI=1S/C15H25N3O4S2/c1-3-12-18(13-8-10-17-11-9-13)24(21,22)15-6-4-14(5-7-15)23(19,20)16-2/h4-7,13,16-17H,3,8-12H2,1-2H3. The van der Waals surface area contributed by atoms with E-state index in [-0.39, 0.29) is 15.8 Å². The molecule has 0 saturated carbocycles. The van der Waals surface area contributed by atoms with Crippen LogP contribution in [0.3, 0.4) is 0 Å². The van der Waals surface area contributed by atoms with Crippen molar-refractivity contribution in [3.05, 3.63) is 24.3 Å². The molecule has 1 aliphatic rings. The van der Waals surface area contributed by atoms with Crippen LogP contribution in [0.25, 0.3) is 0 Å². The van der Waals surface area contributed by atoms with E-state index in [1.807, 2.05) is 6.92 Å². The van der Waals surface area contributed by atoms with Gasteiger partial charge in [0.15, 0.2) is 0 Å². The van der Waals surface area contributed by atoms with Gasteiger partial charge in [-0.2, -0.15) is 4.31 Å². The molecule has 0 amide bonds. The van der Waals surface area contributed by atoms with Crippen LogP contribution in [0.1, 0.15) is 26.2 Å². The van der Waals surface area contributed by atoms with Gasteiger partial charge in [-0.3, -0.25) is 0 Å². The molecule has 2 N–H and O–H groups in total. The van der Waals surface area contributed by atoms with Crippen LogP contribution in [0, 0.1) is 0 Å². The van der Waals surface area contributed by atoms with Crippen LogP contribution < -0.4 is 10.0 Å². The first-order valence-electron chi connectivity index (χ1n) is 8.09. The molecule has 7 nitrogen and oxygen atoms in total. The van der Waals surface area contributed by atoms with E-state index in [1.165, 1.54) is 31.3 Å². The van der Waals surface area contributed by atoms with Gasteiger partial charge in [-0.15, -0.1) is 0 Å². The predicted molar refractivity (Wildman–Crippen MR) is 92.8 cm³/mol. The smallest absolute Gasteiger partial charge is 0.243 e. The van der Waals surface area contributed by atoms with Crippen LogP contribution in [-0.4, -0.2) is 53.9 Å². The van der Waals surface area contributed by atoms with Crippen LogP contribution in [0.4, 0.5) is 0 Å². The predicted octanol–water partition coefficient (Wildman–Crippen LogP) is 0.747. The quantitative estimate of drug-likeness (QED) is 0.733. The lowest BCUT2D eigenvalue weighted by Crippen LogP contribution is -2.46. The van der Waals surface area contributed by atoms with E-state index in [0.717, 1.165) is 32.4 Å². The van der Waals surface area contributed by atoms with Crippen LogP contribution >= 0.6 is 0 Å². The van der Waals surface area contributed by atoms with Gasteiger partial charge in [0.05, 0.1) is 9.79 Å². The summed E-state index contributed by atoms with van der Waals surface area (Å²) in [5.74, 6) is 0. The van der Waals surface area contributed by atoms with Crippen molar-refractivity contribution in [2.75, 3.05) is 26.7 Å². The second-order valence-electron chi connectivity index (χ2n) is 5.78. The zero-order valence-electron chi connectivity index (χ0n) is 14.0. The highest BCUT2D eigenvalue weighted by Gasteiger charge is 2.31. The van der Waals surface area contributed by atoms with E-state index in [0.29, 0.717) is 6.54 Å². The molecule has 24 heavy (non-hydrogen) atoms. The summed E-state index contributed by atoms with van der Waals surface area (Å²) in [5, 5.41) is 3.24. The largest absolute Gasteiger partial charge is 0.317 e. The summed E-state index contributed by atoms with van der Waals surface area (Å²) in [6.07, 6.45) is 2.30. The molecule has 1 aromatic carbocycles. The first-order valence-corrected chi connectivity index (χ1v) is 11.0. The fourth-order valence-corrected chi connectivity index (χ4v) is 5.37. The highest BCUT2D eigenvalue weighted by Crippen LogP contribution is 2.24. The second-order valence-corrected chi connectivity index (χ2v) is 9.55. The molecule has 1 fully saturated rings. The van der Waals surface area contributed by atoms with Gasteiger partial charge >= 0.3 is 0 Å². The number of sulfonamides is 2. The third-order valence-electron chi connectivity index (χ3n) is 4.17. The Morgan fingerprint density at radius 2 is 1.62 bits per heavy atom. The Kier molecular flexibility index (Phi) is 6.38. The van der Waals surface area contributed by atoms with Gasteiger partial charge in [0.2, 0.25) is 20.0 Å². The minimum absolute atomic E-state index is 0.0167. The van der Waals surface area contributed by atoms with Crippen molar-refractivity contribution >= 4 is 20.0 Å². The van der Waals surface area contributed by atoms with Gasteiger partial charge in [0.25, 0.3) is 0 Å². The average Bonchev–Trinajstić information content (AvgIpc) is 2.60. The SMILES string of the molecule is CCCN(C1CCNCC1)S(=O)(=O)c1ccc(S(=O)(=O)NC)cc1. The molecule has 136 valence electrons. The fourth-order valence-electron chi connectivity index (χ4n) is 2.86. The molecule has 1 aromatic rings. The van der Waals surface area contributed by atoms with E-state index >= 15 is 0 Å². The molecule has 0 spiro atoms. The van der Waals surface area contributed by atoms with Crippen molar-refractivity contribution in [3.63, 3.8) is 0 Å². The Hall–Kier alpha value is -1.00. The number of nitrogens with one attached hydrogen (secondary N) is 2. The van der Waals surface area contributed by atoms with Gasteiger partial charge in [0.1, 0.15) is 0 Å². The normalized spacial score (nSPS) is 17.3. The molecular formula is C15H25N3O4S2. The average molecular weight is 376 g/mol. The maximum Gasteiger partial charge on any atom is 0.243 e. The molecule has 0 atom stereocenters. The van der Waals surface area contributed by atoms with E-state index in [9.17, 15) is 16.8 Å². The van der Waals surface area contributed by atoms with E-state index < -0.39 is 20.0 Å². The molecule has 0 unspecified atom stereocenters. The molecule has 9 heteroatoms. The summed E-state index contributed by atoms with van der Waals surface area (Å²) in [6, 6.07) is 5.36. The summed E-state index contributed by atoms with van der Waals surface area (Å²) in [4.78, 5) is 0.178. The van der Waals surface area contributed by atoms with Crippen molar-refractivity contribution < 1.29 is 16.8 Å². The lowest BCUT2D eigenvalue weighted by atomic mass is 10.1. The Bertz CT molecular complexity index is 739. The van der Waals surface area contributed by atoms with Crippen LogP contribution in [0.15, 0.2) is 34.1 Å². The molecule has 1 aliphatic heterocycles. The molecule has 0 radical (unpaired) electrons. The van der Waals surface area contributed by atoms with Crippen molar-refractivity contribution in [3.8, 4) is 0 Å². The van der Waals surface area contributed by atoms with E-state index in [4.69, 9.17) is 0 Å². The van der Waals surface area contributed by atoms with E-state index in [1.54, 1.807) is 4.31 Å². The first-order chi connectivity index (χ1) is 11.3. The number of piperidine rings is 1. The number of hydrogen-bond donors (Lipinski definition) is 2. The fraction of sp³-hybridized carbons (Fsp3) is 0.600. The molecule has 0 aromatic heterocycles. The molecule has 1 heterocycles. The summed E-state index contributed by atoms with van der Waals surface area (Å²) in [5.41, 5.74) is 0. The third kappa shape index (κ3) is 4.15. The van der Waals surface area contributed by atoms with Gasteiger partial charge in [0, 0.05) is 12.6 Å². The Morgan fingerprint density at radius 3 is 2.12 bits per heavy atom. The Labute approximate surface area is 144 Å². The number of nitrogens with zero attached hydrogens (tertiary/aromatic N) is 1. The Balaban J connectivity index is 2.32. The first kappa shape index (κ1) is 19.3. The summed E-state index contributed by atoms with van der Waals surface area (Å²) in [7, 11) is -5.90. The maximum absolute atomic E-state index is 13.0. The molecule has 0 aliphatic carbocycles. The van der Waals surface area contributed by atoms with Crippen molar-refractivity contribution in [1.29, 1.82) is 0 Å². The van der Waals surface area contributed by atoms with Crippen LogP contribution in [0.2, 0.25) is 0 Å². The van der Waals surface area contributed by atoms with Gasteiger partial charge in [-0.25, -0.2) is 21.6 Å². The number of rotatable bonds is 7. The topological polar surface area (TPSA) is 95.6 Å². The molecule has 2 rings (SSSR count). The molecular weight excluding hydrogens is 350 g/mol. The minimum atomic E-state index is -3.64. The van der Waals surface area contributed by atoms with Crippen LogP contribution in [0.5, 0.6) is 0 Å². The third-order valence-corrected chi connectivity index (χ3v) is 7.57. The van der Waals surface area contributed by atoms with Gasteiger partial charge < -0.3 is 5.32 Å². The second kappa shape index (κ2) is 7.92. The zero-order valence-corrected chi connectivity index (χ0v) is 15.7. The Morgan fingerprint density at radius 1 is 1.08 bits per heavy atom. The van der Waals surface area contributed by atoms with Crippen molar-refractivity contribution in [2.45, 2.75) is 42.0 Å². The maximum atomic E-state index is 13.0. The van der Waals surface area contributed by atoms with Gasteiger partial charge in [-0.05, 0) is 63.7 Å². The monoisotopic (exact) mass is 375 g/mol. The summed E-state index contributed by atoms with van der Waals surface area (Å²) in [6.45, 7) is 4.02. The van der Waals surface area contributed by atoms with Gasteiger partial charge in [-0.1, -0.05) is 6.92 Å². The van der Waals surface area contributed by atoms with Crippen molar-refractivity contribution in [1.82, 2.24) is 14.3 Å². The van der Waals surface area contributed by atoms with Crippen LogP contribution in [-0.2, 0) is 20.0 Å². The number of hydrogen-bond acceptors (Lipinski definition) is 5. The van der Waals surface area contributed by atoms with E-state index in [2.05, 4.69) is 10.0 Å². The van der Waals surface area contributed by atoms with Crippen molar-refractivity contribution in [2.24, 2.45) is 0 Å². The minimum Gasteiger partial charge on any atom is -0.317 e. The highest BCUT2D eigenvalue weighted by atomic mass is 32.2. The lowest BCUT2D eigenvalue weighted by molar-refractivity contribution is 0.262. The summed E-state index contributed by atoms with van der Waals surface area (Å²) >= 11 is 0. The highest BCUT2D eigenvalue weighted by molar-refractivity contribution is 7.89. The lowest BCUT2D eigenvalue weighted by Gasteiger charge is -2.33. The number of benzene rings is 1. The zero-order chi connectivity index (χ0) is 17.8.